The molecule has 1 heteroatoms. The molecule has 0 spiro atoms. The first-order valence-corrected chi connectivity index (χ1v) is 11.5. The molecule has 4 aromatic rings. The number of halogens is 1. The van der Waals surface area contributed by atoms with Gasteiger partial charge in [0.2, 0.25) is 0 Å². The first-order chi connectivity index (χ1) is 14.2. The van der Waals surface area contributed by atoms with Crippen molar-refractivity contribution in [2.75, 3.05) is 0 Å². The maximum absolute atomic E-state index is 3.87. The average Bonchev–Trinajstić information content (AvgIpc) is 3.07. The Morgan fingerprint density at radius 2 is 1.27 bits per heavy atom. The van der Waals surface area contributed by atoms with Gasteiger partial charge in [-0.1, -0.05) is 91.7 Å². The lowest BCUT2D eigenvalue weighted by atomic mass is 9.79. The smallest absolute Gasteiger partial charge is 0.0257 e. The third kappa shape index (κ3) is 2.12. The summed E-state index contributed by atoms with van der Waals surface area (Å²) in [6, 6.07) is 23.2. The van der Waals surface area contributed by atoms with Crippen molar-refractivity contribution in [3.05, 3.63) is 93.0 Å². The van der Waals surface area contributed by atoms with E-state index in [2.05, 4.69) is 111 Å². The standard InChI is InChI=1S/C29H25Br/c1-16-10-11-18-20(12-16)26(30)15-25-27(18)21-14-23-19(13-24(21)29(25,4)5)17-8-6-7-9-22(17)28(23,2)3/h6-15H,1-5H3. The molecule has 0 atom stereocenters. The molecule has 0 bridgehead atoms. The third-order valence-electron chi connectivity index (χ3n) is 7.58. The van der Waals surface area contributed by atoms with Gasteiger partial charge in [0.15, 0.2) is 0 Å². The van der Waals surface area contributed by atoms with E-state index in [0.29, 0.717) is 0 Å². The molecule has 30 heavy (non-hydrogen) atoms. The van der Waals surface area contributed by atoms with Crippen molar-refractivity contribution in [3.63, 3.8) is 0 Å². The van der Waals surface area contributed by atoms with Gasteiger partial charge in [0.05, 0.1) is 0 Å². The molecule has 0 nitrogen and oxygen atoms in total. The third-order valence-corrected chi connectivity index (χ3v) is 8.24. The molecule has 0 heterocycles. The second-order valence-electron chi connectivity index (χ2n) is 10.1. The molecule has 0 aliphatic heterocycles. The van der Waals surface area contributed by atoms with Gasteiger partial charge in [-0.2, -0.15) is 0 Å². The van der Waals surface area contributed by atoms with Crippen LogP contribution in [0.4, 0.5) is 0 Å². The minimum Gasteiger partial charge on any atom is -0.0619 e. The van der Waals surface area contributed by atoms with E-state index >= 15 is 0 Å². The molecule has 2 aliphatic carbocycles. The summed E-state index contributed by atoms with van der Waals surface area (Å²) in [6.07, 6.45) is 0. The summed E-state index contributed by atoms with van der Waals surface area (Å²) in [5.74, 6) is 0. The van der Waals surface area contributed by atoms with Crippen molar-refractivity contribution >= 4 is 26.7 Å². The van der Waals surface area contributed by atoms with E-state index in [1.807, 2.05) is 0 Å². The lowest BCUT2D eigenvalue weighted by Crippen LogP contribution is -2.17. The fraction of sp³-hybridized carbons (Fsp3) is 0.241. The van der Waals surface area contributed by atoms with Gasteiger partial charge in [0.1, 0.15) is 0 Å². The molecule has 0 amide bonds. The van der Waals surface area contributed by atoms with E-state index in [4.69, 9.17) is 0 Å². The Hall–Kier alpha value is -2.38. The van der Waals surface area contributed by atoms with Crippen molar-refractivity contribution in [2.24, 2.45) is 0 Å². The number of benzene rings is 4. The van der Waals surface area contributed by atoms with Gasteiger partial charge in [-0.25, -0.2) is 0 Å². The van der Waals surface area contributed by atoms with Gasteiger partial charge in [0, 0.05) is 15.3 Å². The molecule has 4 aromatic carbocycles. The second-order valence-corrected chi connectivity index (χ2v) is 10.9. The predicted octanol–water partition coefficient (Wildman–Crippen LogP) is 8.52. The van der Waals surface area contributed by atoms with Crippen LogP contribution in [-0.2, 0) is 10.8 Å². The van der Waals surface area contributed by atoms with Crippen LogP contribution >= 0.6 is 15.9 Å². The summed E-state index contributed by atoms with van der Waals surface area (Å²) < 4.78 is 1.19. The van der Waals surface area contributed by atoms with Crippen LogP contribution in [0.25, 0.3) is 33.0 Å². The molecule has 0 saturated heterocycles. The Kier molecular flexibility index (Phi) is 3.46. The van der Waals surface area contributed by atoms with E-state index in [1.165, 1.54) is 65.3 Å². The van der Waals surface area contributed by atoms with Gasteiger partial charge in [-0.05, 0) is 80.4 Å². The SMILES string of the molecule is Cc1ccc2c3c(cc(Br)c2c1)C(C)(C)c1cc2c(cc1-3)C(C)(C)c1ccccc1-2. The zero-order valence-corrected chi connectivity index (χ0v) is 19.7. The first kappa shape index (κ1) is 18.4. The quantitative estimate of drug-likeness (QED) is 0.250. The Labute approximate surface area is 187 Å². The van der Waals surface area contributed by atoms with Crippen LogP contribution in [0.5, 0.6) is 0 Å². The van der Waals surface area contributed by atoms with E-state index in [0.717, 1.165) is 0 Å². The number of rotatable bonds is 0. The van der Waals surface area contributed by atoms with Gasteiger partial charge in [-0.3, -0.25) is 0 Å². The normalized spacial score (nSPS) is 16.9. The molecular weight excluding hydrogens is 428 g/mol. The van der Waals surface area contributed by atoms with Crippen LogP contribution in [0.15, 0.2) is 65.1 Å². The highest BCUT2D eigenvalue weighted by Crippen LogP contribution is 2.57. The lowest BCUT2D eigenvalue weighted by Gasteiger charge is -2.24. The van der Waals surface area contributed by atoms with Crippen molar-refractivity contribution in [1.82, 2.24) is 0 Å². The summed E-state index contributed by atoms with van der Waals surface area (Å²) >= 11 is 3.87. The van der Waals surface area contributed by atoms with Gasteiger partial charge < -0.3 is 0 Å². The molecule has 148 valence electrons. The maximum atomic E-state index is 3.87. The molecule has 6 rings (SSSR count). The van der Waals surface area contributed by atoms with Crippen molar-refractivity contribution in [3.8, 4) is 22.3 Å². The van der Waals surface area contributed by atoms with E-state index < -0.39 is 0 Å². The van der Waals surface area contributed by atoms with Crippen molar-refractivity contribution in [2.45, 2.75) is 45.4 Å². The largest absolute Gasteiger partial charge is 0.0619 e. The van der Waals surface area contributed by atoms with E-state index in [9.17, 15) is 0 Å². The van der Waals surface area contributed by atoms with Crippen LogP contribution in [0.1, 0.15) is 55.5 Å². The van der Waals surface area contributed by atoms with Crippen molar-refractivity contribution in [1.29, 1.82) is 0 Å². The highest BCUT2D eigenvalue weighted by Gasteiger charge is 2.42. The fourth-order valence-electron chi connectivity index (χ4n) is 5.90. The van der Waals surface area contributed by atoms with Crippen molar-refractivity contribution < 1.29 is 0 Å². The Bertz CT molecular complexity index is 1400. The Balaban J connectivity index is 1.74. The molecule has 0 aromatic heterocycles. The second kappa shape index (κ2) is 5.65. The zero-order valence-electron chi connectivity index (χ0n) is 18.2. The summed E-state index contributed by atoms with van der Waals surface area (Å²) in [4.78, 5) is 0. The van der Waals surface area contributed by atoms with Crippen LogP contribution < -0.4 is 0 Å². The summed E-state index contributed by atoms with van der Waals surface area (Å²) in [7, 11) is 0. The molecule has 2 aliphatic rings. The van der Waals surface area contributed by atoms with Gasteiger partial charge in [-0.15, -0.1) is 0 Å². The zero-order chi connectivity index (χ0) is 21.0. The molecule has 0 radical (unpaired) electrons. The van der Waals surface area contributed by atoms with Crippen LogP contribution in [-0.4, -0.2) is 0 Å². The topological polar surface area (TPSA) is 0 Å². The Morgan fingerprint density at radius 3 is 2.07 bits per heavy atom. The number of hydrogen-bond acceptors (Lipinski definition) is 0. The number of aryl methyl sites for hydroxylation is 1. The molecule has 0 fully saturated rings. The fourth-order valence-corrected chi connectivity index (χ4v) is 6.45. The van der Waals surface area contributed by atoms with Crippen LogP contribution in [0, 0.1) is 6.92 Å². The highest BCUT2D eigenvalue weighted by molar-refractivity contribution is 9.10. The molecule has 0 saturated carbocycles. The van der Waals surface area contributed by atoms with Gasteiger partial charge in [0.25, 0.3) is 0 Å². The predicted molar refractivity (Wildman–Crippen MR) is 132 cm³/mol. The minimum atomic E-state index is -0.0248. The molecular formula is C29H25Br. The first-order valence-electron chi connectivity index (χ1n) is 10.7. The average molecular weight is 453 g/mol. The number of fused-ring (bicyclic) bond motifs is 8. The maximum Gasteiger partial charge on any atom is 0.0257 e. The highest BCUT2D eigenvalue weighted by atomic mass is 79.9. The van der Waals surface area contributed by atoms with Crippen LogP contribution in [0.3, 0.4) is 0 Å². The van der Waals surface area contributed by atoms with Crippen LogP contribution in [0.2, 0.25) is 0 Å². The van der Waals surface area contributed by atoms with E-state index in [1.54, 1.807) is 0 Å². The molecule has 0 N–H and O–H groups in total. The monoisotopic (exact) mass is 452 g/mol. The lowest BCUT2D eigenvalue weighted by molar-refractivity contribution is 0.652. The number of hydrogen-bond donors (Lipinski definition) is 0. The Morgan fingerprint density at radius 1 is 0.600 bits per heavy atom. The minimum absolute atomic E-state index is 0.0234. The summed E-state index contributed by atoms with van der Waals surface area (Å²) in [5.41, 5.74) is 12.7. The van der Waals surface area contributed by atoms with E-state index in [-0.39, 0.29) is 10.8 Å². The molecule has 0 unspecified atom stereocenters. The summed E-state index contributed by atoms with van der Waals surface area (Å²) in [5, 5.41) is 2.66. The van der Waals surface area contributed by atoms with Gasteiger partial charge >= 0.3 is 0 Å². The summed E-state index contributed by atoms with van der Waals surface area (Å²) in [6.45, 7) is 11.7.